The molecule has 0 amide bonds. The van der Waals surface area contributed by atoms with Gasteiger partial charge in [0.15, 0.2) is 0 Å². The van der Waals surface area contributed by atoms with Gasteiger partial charge in [-0.3, -0.25) is 0 Å². The first kappa shape index (κ1) is 86.5. The normalized spacial score (nSPS) is 13.5. The Balaban J connectivity index is 0.000000351. The van der Waals surface area contributed by atoms with E-state index < -0.39 is 0 Å². The number of unbranched alkanes of at least 4 members (excludes halogenated alkanes) is 60. The zero-order valence-electron chi connectivity index (χ0n) is 64.5. The minimum Gasteiger partial charge on any atom is -0.481 e. The van der Waals surface area contributed by atoms with Crippen molar-refractivity contribution in [3.63, 3.8) is 0 Å². The van der Waals surface area contributed by atoms with Crippen molar-refractivity contribution in [2.45, 2.75) is 476 Å². The van der Waals surface area contributed by atoms with E-state index in [1.807, 2.05) is 45.3 Å². The van der Waals surface area contributed by atoms with Gasteiger partial charge >= 0.3 is 0 Å². The van der Waals surface area contributed by atoms with Crippen LogP contribution in [-0.2, 0) is 11.2 Å². The van der Waals surface area contributed by atoms with E-state index >= 15 is 0 Å². The van der Waals surface area contributed by atoms with Crippen molar-refractivity contribution in [2.75, 3.05) is 0 Å². The minimum absolute atomic E-state index is 0.102. The summed E-state index contributed by atoms with van der Waals surface area (Å²) < 4.78 is 15.3. The third kappa shape index (κ3) is 37.9. The molecule has 2 nitrogen and oxygen atoms in total. The fourth-order valence-electron chi connectivity index (χ4n) is 16.2. The second-order valence-electron chi connectivity index (χ2n) is 31.1. The quantitative estimate of drug-likeness (QED) is 0.0410. The van der Waals surface area contributed by atoms with Crippen molar-refractivity contribution in [1.82, 2.24) is 0 Å². The highest BCUT2D eigenvalue weighted by Gasteiger charge is 2.43. The molecule has 4 aromatic rings. The van der Waals surface area contributed by atoms with Crippen molar-refractivity contribution in [3.05, 3.63) is 55.3 Å². The Morgan fingerprint density at radius 2 is 0.454 bits per heavy atom. The first-order valence-corrected chi connectivity index (χ1v) is 47.7. The maximum Gasteiger partial charge on any atom is 0.140 e. The Bertz CT molecular complexity index is 2280. The topological polar surface area (TPSA) is 18.5 Å². The van der Waals surface area contributed by atoms with Crippen LogP contribution in [0, 0.1) is 0 Å². The third-order valence-corrected chi connectivity index (χ3v) is 27.0. The number of rotatable bonds is 68. The zero-order valence-corrected chi connectivity index (χ0v) is 69.3. The van der Waals surface area contributed by atoms with Crippen LogP contribution in [0.3, 0.4) is 0 Å². The van der Waals surface area contributed by atoms with E-state index in [0.29, 0.717) is 0 Å². The predicted octanol–water partition coefficient (Wildman–Crippen LogP) is 35.5. The average Bonchev–Trinajstić information content (AvgIpc) is 1.68. The van der Waals surface area contributed by atoms with Crippen molar-refractivity contribution in [2.24, 2.45) is 0 Å². The summed E-state index contributed by atoms with van der Waals surface area (Å²) in [4.78, 5) is 5.69. The van der Waals surface area contributed by atoms with Crippen LogP contribution in [0.25, 0.3) is 19.5 Å². The standard InChI is InChI=1S/C45H77BrOS2.C45H78OS2/c1-3-5-7-9-11-13-15-17-19-21-23-25-27-29-31-33-36-45(40-39-42(46)49-43(40)44-41(47-45)35-38-48-44)37-34-32-30-28-26-24-22-20-18-16-14-12-10-8-6-4-2;1-3-5-7-9-11-13-15-17-19-21-23-25-27-29-31-33-37-45(41-35-39-47-43(41)44-42(46-45)36-40-48-44)38-34-32-30-28-26-24-22-20-18-16-14-12-10-8-6-4-2/h35,38-39H,3-34,36-37H2,1-2H3;35-36,39-40H,3-34,37-38H2,1-2H3. The SMILES string of the molecule is CCCCCCCCCCCCCCCCCCC1(CCCCCCCCCCCCCCCCCC)Oc2ccsc2-c2sc(Br)cc21.CCCCCCCCCCCCCCCCCCC1(CCCCCCCCCCCCCCCCCC)Oc2ccsc2-c2sccc21. The third-order valence-electron chi connectivity index (χ3n) is 22.4. The summed E-state index contributed by atoms with van der Waals surface area (Å²) >= 11 is 11.4. The maximum absolute atomic E-state index is 7.04. The van der Waals surface area contributed by atoms with E-state index in [1.54, 1.807) is 0 Å². The molecule has 7 heteroatoms. The van der Waals surface area contributed by atoms with Gasteiger partial charge in [0.05, 0.1) is 23.3 Å². The van der Waals surface area contributed by atoms with Crippen LogP contribution >= 0.6 is 61.3 Å². The zero-order chi connectivity index (χ0) is 68.5. The van der Waals surface area contributed by atoms with Gasteiger partial charge < -0.3 is 9.47 Å². The highest BCUT2D eigenvalue weighted by Crippen LogP contribution is 2.56. The molecule has 0 fully saturated rings. The van der Waals surface area contributed by atoms with E-state index in [1.165, 1.54) is 458 Å². The van der Waals surface area contributed by atoms with E-state index in [4.69, 9.17) is 9.47 Å². The Labute approximate surface area is 627 Å². The number of halogens is 1. The fraction of sp³-hybridized carbons (Fsp3) is 0.822. The molecule has 0 unspecified atom stereocenters. The molecular weight excluding hydrogens is 1320 g/mol. The molecule has 0 atom stereocenters. The first-order valence-electron chi connectivity index (χ1n) is 43.4. The van der Waals surface area contributed by atoms with Crippen LogP contribution in [0.4, 0.5) is 0 Å². The lowest BCUT2D eigenvalue weighted by Gasteiger charge is -2.38. The number of thiophene rings is 4. The van der Waals surface area contributed by atoms with Gasteiger partial charge in [0, 0.05) is 11.1 Å². The molecule has 97 heavy (non-hydrogen) atoms. The Hall–Kier alpha value is -1.12. The molecule has 0 saturated heterocycles. The number of fused-ring (bicyclic) bond motifs is 6. The second-order valence-corrected chi connectivity index (χ2v) is 36.3. The lowest BCUT2D eigenvalue weighted by Crippen LogP contribution is -2.35. The monoisotopic (exact) mass is 1480 g/mol. The summed E-state index contributed by atoms with van der Waals surface area (Å²) in [6.07, 6.45) is 95.9. The van der Waals surface area contributed by atoms with Gasteiger partial charge in [-0.15, -0.1) is 45.3 Å². The Morgan fingerprint density at radius 3 is 0.711 bits per heavy atom. The predicted molar refractivity (Wildman–Crippen MR) is 444 cm³/mol. The number of hydrogen-bond donors (Lipinski definition) is 0. The molecule has 0 aromatic carbocycles. The van der Waals surface area contributed by atoms with Gasteiger partial charge in [0.25, 0.3) is 0 Å². The van der Waals surface area contributed by atoms with Crippen molar-refractivity contribution in [3.8, 4) is 31.0 Å². The van der Waals surface area contributed by atoms with E-state index in [0.717, 1.165) is 24.3 Å². The molecule has 0 radical (unpaired) electrons. The van der Waals surface area contributed by atoms with Gasteiger partial charge in [-0.25, -0.2) is 0 Å². The van der Waals surface area contributed by atoms with Crippen LogP contribution in [0.2, 0.25) is 0 Å². The lowest BCUT2D eigenvalue weighted by atomic mass is 9.81. The number of hydrogen-bond acceptors (Lipinski definition) is 6. The number of ether oxygens (including phenoxy) is 2. The first-order chi connectivity index (χ1) is 48.0. The summed E-state index contributed by atoms with van der Waals surface area (Å²) in [6, 6.07) is 9.27. The van der Waals surface area contributed by atoms with Gasteiger partial charge in [-0.05, 0) is 108 Å². The summed E-state index contributed by atoms with van der Waals surface area (Å²) in [5.74, 6) is 2.29. The van der Waals surface area contributed by atoms with E-state index in [9.17, 15) is 0 Å². The van der Waals surface area contributed by atoms with Crippen LogP contribution < -0.4 is 9.47 Å². The second kappa shape index (κ2) is 59.2. The molecule has 2 aliphatic rings. The molecule has 0 spiro atoms. The molecule has 4 aromatic heterocycles. The molecule has 0 bridgehead atoms. The van der Waals surface area contributed by atoms with Gasteiger partial charge in [-0.2, -0.15) is 0 Å². The van der Waals surface area contributed by atoms with Crippen LogP contribution in [0.15, 0.2) is 44.2 Å². The summed E-state index contributed by atoms with van der Waals surface area (Å²) in [5, 5.41) is 6.77. The van der Waals surface area contributed by atoms with Crippen molar-refractivity contribution >= 4 is 61.3 Å². The van der Waals surface area contributed by atoms with Gasteiger partial charge in [-0.1, -0.05) is 413 Å². The Morgan fingerprint density at radius 1 is 0.247 bits per heavy atom. The molecule has 6 rings (SSSR count). The maximum atomic E-state index is 7.04. The van der Waals surface area contributed by atoms with Gasteiger partial charge in [0.2, 0.25) is 0 Å². The van der Waals surface area contributed by atoms with Crippen LogP contribution in [0.5, 0.6) is 11.5 Å². The molecular formula is C90H155BrO2S4. The molecule has 6 heterocycles. The highest BCUT2D eigenvalue weighted by molar-refractivity contribution is 9.11. The molecule has 0 N–H and O–H groups in total. The van der Waals surface area contributed by atoms with E-state index in [-0.39, 0.29) is 11.2 Å². The smallest absolute Gasteiger partial charge is 0.140 e. The average molecular weight is 1480 g/mol. The van der Waals surface area contributed by atoms with E-state index in [2.05, 4.69) is 84.0 Å². The minimum atomic E-state index is -0.141. The summed E-state index contributed by atoms with van der Waals surface area (Å²) in [7, 11) is 0. The summed E-state index contributed by atoms with van der Waals surface area (Å²) in [5.41, 5.74) is 2.73. The molecule has 2 aliphatic heterocycles. The highest BCUT2D eigenvalue weighted by atomic mass is 79.9. The Kier molecular flexibility index (Phi) is 52.8. The van der Waals surface area contributed by atoms with Crippen molar-refractivity contribution < 1.29 is 9.47 Å². The molecule has 0 aliphatic carbocycles. The molecule has 558 valence electrons. The van der Waals surface area contributed by atoms with Crippen molar-refractivity contribution in [1.29, 1.82) is 0 Å². The van der Waals surface area contributed by atoms with Crippen LogP contribution in [0.1, 0.15) is 475 Å². The molecule has 0 saturated carbocycles. The largest absolute Gasteiger partial charge is 0.481 e. The fourth-order valence-corrected chi connectivity index (χ4v) is 20.8. The summed E-state index contributed by atoms with van der Waals surface area (Å²) in [6.45, 7) is 9.24. The van der Waals surface area contributed by atoms with Crippen LogP contribution in [-0.4, -0.2) is 0 Å². The lowest BCUT2D eigenvalue weighted by molar-refractivity contribution is 0.0395. The van der Waals surface area contributed by atoms with Gasteiger partial charge in [0.1, 0.15) is 22.7 Å².